The van der Waals surface area contributed by atoms with Crippen LogP contribution < -0.4 is 4.72 Å². The Labute approximate surface area is 116 Å². The number of sulfonamides is 1. The van der Waals surface area contributed by atoms with Crippen LogP contribution in [0.3, 0.4) is 0 Å². The van der Waals surface area contributed by atoms with E-state index in [2.05, 4.69) is 9.71 Å². The van der Waals surface area contributed by atoms with Gasteiger partial charge in [-0.25, -0.2) is 18.1 Å². The highest BCUT2D eigenvalue weighted by atomic mass is 35.5. The SMILES string of the molecule is N#CCCCCNS(=O)(=O)c1cnc(Cl)c(Cl)c1. The lowest BCUT2D eigenvalue weighted by Crippen LogP contribution is -2.24. The van der Waals surface area contributed by atoms with E-state index in [1.54, 1.807) is 0 Å². The first kappa shape index (κ1) is 15.2. The summed E-state index contributed by atoms with van der Waals surface area (Å²) in [5, 5.41) is 8.48. The molecule has 18 heavy (non-hydrogen) atoms. The van der Waals surface area contributed by atoms with Crippen LogP contribution in [0.15, 0.2) is 17.2 Å². The van der Waals surface area contributed by atoms with Crippen LogP contribution in [0.4, 0.5) is 0 Å². The molecule has 98 valence electrons. The average Bonchev–Trinajstić information content (AvgIpc) is 2.32. The molecule has 0 aliphatic heterocycles. The Balaban J connectivity index is 2.63. The smallest absolute Gasteiger partial charge is 0.242 e. The Morgan fingerprint density at radius 1 is 1.39 bits per heavy atom. The van der Waals surface area contributed by atoms with Crippen molar-refractivity contribution in [2.75, 3.05) is 6.54 Å². The Bertz CT molecular complexity index is 555. The van der Waals surface area contributed by atoms with E-state index in [-0.39, 0.29) is 21.6 Å². The van der Waals surface area contributed by atoms with Crippen LogP contribution in [0.1, 0.15) is 19.3 Å². The van der Waals surface area contributed by atoms with Gasteiger partial charge in [-0.2, -0.15) is 5.26 Å². The summed E-state index contributed by atoms with van der Waals surface area (Å²) >= 11 is 11.3. The summed E-state index contributed by atoms with van der Waals surface area (Å²) in [7, 11) is -3.63. The summed E-state index contributed by atoms with van der Waals surface area (Å²) < 4.78 is 26.0. The van der Waals surface area contributed by atoms with Crippen LogP contribution in [-0.4, -0.2) is 19.9 Å². The highest BCUT2D eigenvalue weighted by Crippen LogP contribution is 2.21. The second-order valence-corrected chi connectivity index (χ2v) is 5.99. The zero-order valence-corrected chi connectivity index (χ0v) is 11.7. The van der Waals surface area contributed by atoms with Gasteiger partial charge in [-0.3, -0.25) is 0 Å². The molecular weight excluding hydrogens is 297 g/mol. The molecule has 1 N–H and O–H groups in total. The third-order valence-corrected chi connectivity index (χ3v) is 4.20. The van der Waals surface area contributed by atoms with Gasteiger partial charge in [-0.15, -0.1) is 0 Å². The number of nitriles is 1. The molecule has 0 saturated heterocycles. The van der Waals surface area contributed by atoms with E-state index in [0.717, 1.165) is 6.20 Å². The van der Waals surface area contributed by atoms with Crippen LogP contribution >= 0.6 is 23.2 Å². The van der Waals surface area contributed by atoms with E-state index < -0.39 is 10.0 Å². The van der Waals surface area contributed by atoms with Crippen molar-refractivity contribution in [3.63, 3.8) is 0 Å². The Hall–Kier alpha value is -0.870. The number of pyridine rings is 1. The van der Waals surface area contributed by atoms with Gasteiger partial charge < -0.3 is 0 Å². The van der Waals surface area contributed by atoms with Crippen molar-refractivity contribution in [2.24, 2.45) is 0 Å². The summed E-state index contributed by atoms with van der Waals surface area (Å²) in [6.45, 7) is 0.268. The maximum atomic E-state index is 11.8. The molecule has 0 saturated carbocycles. The number of hydrogen-bond donors (Lipinski definition) is 1. The maximum absolute atomic E-state index is 11.8. The molecule has 0 aromatic carbocycles. The fourth-order valence-electron chi connectivity index (χ4n) is 1.17. The molecule has 0 bridgehead atoms. The van der Waals surface area contributed by atoms with Gasteiger partial charge in [0.1, 0.15) is 10.0 Å². The van der Waals surface area contributed by atoms with Crippen molar-refractivity contribution < 1.29 is 8.42 Å². The first-order valence-electron chi connectivity index (χ1n) is 5.15. The predicted octanol–water partition coefficient (Wildman–Crippen LogP) is 2.36. The number of hydrogen-bond acceptors (Lipinski definition) is 4. The summed E-state index contributed by atoms with van der Waals surface area (Å²) in [5.74, 6) is 0. The molecule has 0 atom stereocenters. The molecule has 0 aliphatic carbocycles. The fraction of sp³-hybridized carbons (Fsp3) is 0.400. The van der Waals surface area contributed by atoms with Gasteiger partial charge in [0.25, 0.3) is 0 Å². The predicted molar refractivity (Wildman–Crippen MR) is 68.9 cm³/mol. The van der Waals surface area contributed by atoms with Crippen molar-refractivity contribution in [1.29, 1.82) is 5.26 Å². The second-order valence-electron chi connectivity index (χ2n) is 3.46. The molecule has 1 heterocycles. The molecular formula is C10H11Cl2N3O2S. The maximum Gasteiger partial charge on any atom is 0.242 e. The Morgan fingerprint density at radius 3 is 2.72 bits per heavy atom. The number of rotatable bonds is 6. The number of nitrogens with zero attached hydrogens (tertiary/aromatic N) is 2. The highest BCUT2D eigenvalue weighted by molar-refractivity contribution is 7.89. The first-order chi connectivity index (χ1) is 8.47. The molecule has 1 rings (SSSR count). The van der Waals surface area contributed by atoms with Gasteiger partial charge in [0, 0.05) is 19.2 Å². The lowest BCUT2D eigenvalue weighted by molar-refractivity contribution is 0.577. The van der Waals surface area contributed by atoms with Crippen LogP contribution in [-0.2, 0) is 10.0 Å². The third kappa shape index (κ3) is 4.42. The quantitative estimate of drug-likeness (QED) is 0.646. The largest absolute Gasteiger partial charge is 0.242 e. The van der Waals surface area contributed by atoms with Crippen molar-refractivity contribution in [3.05, 3.63) is 22.4 Å². The molecule has 1 aromatic rings. The number of nitrogens with one attached hydrogen (secondary N) is 1. The van der Waals surface area contributed by atoms with Gasteiger partial charge >= 0.3 is 0 Å². The average molecular weight is 308 g/mol. The minimum absolute atomic E-state index is 0.0304. The van der Waals surface area contributed by atoms with Crippen LogP contribution in [0.25, 0.3) is 0 Å². The van der Waals surface area contributed by atoms with E-state index in [4.69, 9.17) is 28.5 Å². The van der Waals surface area contributed by atoms with E-state index in [1.807, 2.05) is 6.07 Å². The van der Waals surface area contributed by atoms with Gasteiger partial charge in [0.15, 0.2) is 0 Å². The van der Waals surface area contributed by atoms with Crippen molar-refractivity contribution >= 4 is 33.2 Å². The molecule has 0 radical (unpaired) electrons. The summed E-state index contributed by atoms with van der Waals surface area (Å²) in [6.07, 6.45) is 2.81. The van der Waals surface area contributed by atoms with Gasteiger partial charge in [0.05, 0.1) is 11.1 Å². The molecule has 0 spiro atoms. The van der Waals surface area contributed by atoms with Crippen molar-refractivity contribution in [3.8, 4) is 6.07 Å². The minimum atomic E-state index is -3.63. The van der Waals surface area contributed by atoms with E-state index >= 15 is 0 Å². The molecule has 0 amide bonds. The lowest BCUT2D eigenvalue weighted by Gasteiger charge is -2.06. The zero-order chi connectivity index (χ0) is 13.6. The van der Waals surface area contributed by atoms with Gasteiger partial charge in [0.2, 0.25) is 10.0 Å². The number of unbranched alkanes of at least 4 members (excludes halogenated alkanes) is 2. The van der Waals surface area contributed by atoms with E-state index in [9.17, 15) is 8.42 Å². The Morgan fingerprint density at radius 2 is 2.11 bits per heavy atom. The summed E-state index contributed by atoms with van der Waals surface area (Å²) in [5.41, 5.74) is 0. The number of aromatic nitrogens is 1. The highest BCUT2D eigenvalue weighted by Gasteiger charge is 2.15. The molecule has 0 fully saturated rings. The second kappa shape index (κ2) is 6.90. The van der Waals surface area contributed by atoms with Crippen LogP contribution in [0, 0.1) is 11.3 Å². The van der Waals surface area contributed by atoms with Crippen molar-refractivity contribution in [1.82, 2.24) is 9.71 Å². The minimum Gasteiger partial charge on any atom is -0.242 e. The number of halogens is 2. The molecule has 1 aromatic heterocycles. The lowest BCUT2D eigenvalue weighted by atomic mass is 10.2. The molecule has 5 nitrogen and oxygen atoms in total. The molecule has 8 heteroatoms. The summed E-state index contributed by atoms with van der Waals surface area (Å²) in [4.78, 5) is 3.64. The fourth-order valence-corrected chi connectivity index (χ4v) is 2.55. The van der Waals surface area contributed by atoms with Gasteiger partial charge in [-0.1, -0.05) is 23.2 Å². The normalized spacial score (nSPS) is 11.2. The molecule has 0 unspecified atom stereocenters. The topological polar surface area (TPSA) is 82.9 Å². The van der Waals surface area contributed by atoms with Crippen LogP contribution in [0.5, 0.6) is 0 Å². The standard InChI is InChI=1S/C10H11Cl2N3O2S/c11-9-6-8(7-14-10(9)12)18(16,17)15-5-3-1-2-4-13/h6-7,15H,1-3,5H2. The molecule has 0 aliphatic rings. The van der Waals surface area contributed by atoms with E-state index in [1.165, 1.54) is 6.07 Å². The van der Waals surface area contributed by atoms with Gasteiger partial charge in [-0.05, 0) is 18.9 Å². The van der Waals surface area contributed by atoms with E-state index in [0.29, 0.717) is 19.3 Å². The summed E-state index contributed by atoms with van der Waals surface area (Å²) in [6, 6.07) is 3.24. The zero-order valence-electron chi connectivity index (χ0n) is 9.36. The van der Waals surface area contributed by atoms with Crippen molar-refractivity contribution in [2.45, 2.75) is 24.2 Å². The Kier molecular flexibility index (Phi) is 5.82. The van der Waals surface area contributed by atoms with Crippen LogP contribution in [0.2, 0.25) is 10.2 Å². The monoisotopic (exact) mass is 307 g/mol. The first-order valence-corrected chi connectivity index (χ1v) is 7.39. The third-order valence-electron chi connectivity index (χ3n) is 2.09.